The predicted molar refractivity (Wildman–Crippen MR) is 121 cm³/mol. The molecule has 0 spiro atoms. The van der Waals surface area contributed by atoms with E-state index < -0.39 is 17.5 Å². The summed E-state index contributed by atoms with van der Waals surface area (Å²) in [4.78, 5) is 25.2. The van der Waals surface area contributed by atoms with Crippen LogP contribution in [0.1, 0.15) is 42.6 Å². The summed E-state index contributed by atoms with van der Waals surface area (Å²) in [6, 6.07) is 18.2. The molecular weight excluding hydrogens is 408 g/mol. The largest absolute Gasteiger partial charge is 0.458 e. The van der Waals surface area contributed by atoms with Crippen LogP contribution in [-0.4, -0.2) is 49.6 Å². The molecule has 170 valence electrons. The fourth-order valence-electron chi connectivity index (χ4n) is 3.50. The summed E-state index contributed by atoms with van der Waals surface area (Å²) in [6.45, 7) is 3.98. The minimum Gasteiger partial charge on any atom is -0.458 e. The molecule has 1 heterocycles. The second-order valence-electron chi connectivity index (χ2n) is 8.30. The first-order valence-electron chi connectivity index (χ1n) is 10.7. The molecule has 3 unspecified atom stereocenters. The molecule has 1 aliphatic heterocycles. The van der Waals surface area contributed by atoms with Crippen molar-refractivity contribution in [3.8, 4) is 0 Å². The third-order valence-electron chi connectivity index (χ3n) is 5.74. The number of carbonyl (C=O) groups is 2. The number of hydrogen-bond acceptors (Lipinski definition) is 6. The molecule has 6 nitrogen and oxygen atoms in total. The standard InChI is InChI=1S/C26H30O6/c1-20-25(2,31-20)16-17-26(18-29-3,19-30-24(28)22-12-8-5-9-13-22)32-23(27)15-14-21-10-6-4-7-11-21/h4-15,20H,16-19H2,1-3H3/b15-14+. The van der Waals surface area contributed by atoms with Gasteiger partial charge in [-0.25, -0.2) is 9.59 Å². The van der Waals surface area contributed by atoms with Crippen molar-refractivity contribution in [3.05, 3.63) is 77.9 Å². The first kappa shape index (κ1) is 23.7. The Kier molecular flexibility index (Phi) is 7.83. The fourth-order valence-corrected chi connectivity index (χ4v) is 3.50. The fraction of sp³-hybridized carbons (Fsp3) is 0.385. The van der Waals surface area contributed by atoms with Crippen molar-refractivity contribution in [1.82, 2.24) is 0 Å². The maximum absolute atomic E-state index is 12.7. The van der Waals surface area contributed by atoms with Gasteiger partial charge in [0.25, 0.3) is 0 Å². The van der Waals surface area contributed by atoms with Crippen molar-refractivity contribution in [2.45, 2.75) is 44.0 Å². The second kappa shape index (κ2) is 10.6. The van der Waals surface area contributed by atoms with Crippen LogP contribution in [0.5, 0.6) is 0 Å². The summed E-state index contributed by atoms with van der Waals surface area (Å²) in [5, 5.41) is 0. The Morgan fingerprint density at radius 2 is 1.69 bits per heavy atom. The summed E-state index contributed by atoms with van der Waals surface area (Å²) >= 11 is 0. The highest BCUT2D eigenvalue weighted by molar-refractivity contribution is 5.89. The van der Waals surface area contributed by atoms with E-state index in [1.165, 1.54) is 13.2 Å². The molecule has 6 heteroatoms. The molecule has 1 saturated heterocycles. The average Bonchev–Trinajstić information content (AvgIpc) is 3.42. The van der Waals surface area contributed by atoms with Gasteiger partial charge in [-0.2, -0.15) is 0 Å². The topological polar surface area (TPSA) is 74.4 Å². The van der Waals surface area contributed by atoms with Gasteiger partial charge in [0.1, 0.15) is 6.61 Å². The molecule has 3 atom stereocenters. The van der Waals surface area contributed by atoms with E-state index in [9.17, 15) is 9.59 Å². The zero-order valence-electron chi connectivity index (χ0n) is 18.8. The molecular formula is C26H30O6. The van der Waals surface area contributed by atoms with Crippen molar-refractivity contribution in [2.24, 2.45) is 0 Å². The van der Waals surface area contributed by atoms with Crippen molar-refractivity contribution in [1.29, 1.82) is 0 Å². The SMILES string of the molecule is COCC(CCC1(C)OC1C)(COC(=O)c1ccccc1)OC(=O)/C=C/c1ccccc1. The summed E-state index contributed by atoms with van der Waals surface area (Å²) in [6.07, 6.45) is 4.24. The zero-order valence-corrected chi connectivity index (χ0v) is 18.8. The Labute approximate surface area is 189 Å². The Morgan fingerprint density at radius 3 is 2.28 bits per heavy atom. The number of esters is 2. The maximum atomic E-state index is 12.7. The number of ether oxygens (including phenoxy) is 4. The third kappa shape index (κ3) is 6.52. The van der Waals surface area contributed by atoms with Crippen molar-refractivity contribution >= 4 is 18.0 Å². The molecule has 0 aromatic heterocycles. The van der Waals surface area contributed by atoms with E-state index in [1.54, 1.807) is 30.3 Å². The molecule has 2 aromatic carbocycles. The monoisotopic (exact) mass is 438 g/mol. The number of rotatable bonds is 11. The van der Waals surface area contributed by atoms with Gasteiger partial charge < -0.3 is 18.9 Å². The summed E-state index contributed by atoms with van der Waals surface area (Å²) in [7, 11) is 1.53. The van der Waals surface area contributed by atoms with Gasteiger partial charge in [0.15, 0.2) is 5.60 Å². The third-order valence-corrected chi connectivity index (χ3v) is 5.74. The molecule has 32 heavy (non-hydrogen) atoms. The van der Waals surface area contributed by atoms with Crippen LogP contribution in [0, 0.1) is 0 Å². The quantitative estimate of drug-likeness (QED) is 0.293. The van der Waals surface area contributed by atoms with E-state index in [4.69, 9.17) is 18.9 Å². The van der Waals surface area contributed by atoms with Crippen LogP contribution in [-0.2, 0) is 23.7 Å². The van der Waals surface area contributed by atoms with Crippen LogP contribution in [0.4, 0.5) is 0 Å². The van der Waals surface area contributed by atoms with Crippen molar-refractivity contribution in [3.63, 3.8) is 0 Å². The highest BCUT2D eigenvalue weighted by atomic mass is 16.6. The lowest BCUT2D eigenvalue weighted by Gasteiger charge is -2.32. The first-order chi connectivity index (χ1) is 15.4. The highest BCUT2D eigenvalue weighted by Gasteiger charge is 2.50. The molecule has 0 saturated carbocycles. The van der Waals surface area contributed by atoms with Crippen LogP contribution in [0.2, 0.25) is 0 Å². The minimum absolute atomic E-state index is 0.0877. The second-order valence-corrected chi connectivity index (χ2v) is 8.30. The van der Waals surface area contributed by atoms with Gasteiger partial charge >= 0.3 is 11.9 Å². The van der Waals surface area contributed by atoms with Crippen molar-refractivity contribution < 1.29 is 28.5 Å². The summed E-state index contributed by atoms with van der Waals surface area (Å²) < 4.78 is 22.5. The molecule has 0 N–H and O–H groups in total. The average molecular weight is 439 g/mol. The summed E-state index contributed by atoms with van der Waals surface area (Å²) in [5.74, 6) is -1.01. The van der Waals surface area contributed by atoms with E-state index >= 15 is 0 Å². The number of hydrogen-bond donors (Lipinski definition) is 0. The van der Waals surface area contributed by atoms with Crippen LogP contribution < -0.4 is 0 Å². The van der Waals surface area contributed by atoms with Gasteiger partial charge in [-0.15, -0.1) is 0 Å². The molecule has 0 aliphatic carbocycles. The predicted octanol–water partition coefficient (Wildman–Crippen LogP) is 4.44. The first-order valence-corrected chi connectivity index (χ1v) is 10.7. The van der Waals surface area contributed by atoms with E-state index in [0.717, 1.165) is 5.56 Å². The normalized spacial score (nSPS) is 21.7. The zero-order chi connectivity index (χ0) is 23.0. The van der Waals surface area contributed by atoms with Crippen LogP contribution in [0.3, 0.4) is 0 Å². The molecule has 3 rings (SSSR count). The molecule has 1 fully saturated rings. The molecule has 2 aromatic rings. The van der Waals surface area contributed by atoms with Crippen LogP contribution >= 0.6 is 0 Å². The van der Waals surface area contributed by atoms with Crippen LogP contribution in [0.25, 0.3) is 6.08 Å². The molecule has 0 amide bonds. The highest BCUT2D eigenvalue weighted by Crippen LogP contribution is 2.41. The molecule has 0 bridgehead atoms. The maximum Gasteiger partial charge on any atom is 0.338 e. The van der Waals surface area contributed by atoms with Gasteiger partial charge in [0.05, 0.1) is 23.9 Å². The van der Waals surface area contributed by atoms with Crippen molar-refractivity contribution in [2.75, 3.05) is 20.3 Å². The number of epoxide rings is 1. The lowest BCUT2D eigenvalue weighted by Crippen LogP contribution is -2.45. The lowest BCUT2D eigenvalue weighted by atomic mass is 9.92. The van der Waals surface area contributed by atoms with Gasteiger partial charge in [0, 0.05) is 13.2 Å². The lowest BCUT2D eigenvalue weighted by molar-refractivity contribution is -0.167. The molecule has 0 radical (unpaired) electrons. The minimum atomic E-state index is -1.13. The van der Waals surface area contributed by atoms with Gasteiger partial charge in [-0.3, -0.25) is 0 Å². The number of methoxy groups -OCH3 is 1. The Bertz CT molecular complexity index is 926. The summed E-state index contributed by atoms with van der Waals surface area (Å²) in [5.41, 5.74) is -0.106. The number of carbonyl (C=O) groups excluding carboxylic acids is 2. The number of benzene rings is 2. The smallest absolute Gasteiger partial charge is 0.338 e. The Morgan fingerprint density at radius 1 is 1.06 bits per heavy atom. The van der Waals surface area contributed by atoms with E-state index in [1.807, 2.05) is 50.2 Å². The molecule has 1 aliphatic rings. The van der Waals surface area contributed by atoms with E-state index in [-0.39, 0.29) is 24.9 Å². The van der Waals surface area contributed by atoms with Crippen LogP contribution in [0.15, 0.2) is 66.7 Å². The van der Waals surface area contributed by atoms with Gasteiger partial charge in [-0.1, -0.05) is 48.5 Å². The Hall–Kier alpha value is -2.96. The van der Waals surface area contributed by atoms with E-state index in [0.29, 0.717) is 18.4 Å². The van der Waals surface area contributed by atoms with E-state index in [2.05, 4.69) is 0 Å². The van der Waals surface area contributed by atoms with Gasteiger partial charge in [0.2, 0.25) is 0 Å². The Balaban J connectivity index is 1.73. The van der Waals surface area contributed by atoms with Gasteiger partial charge in [-0.05, 0) is 50.5 Å².